The van der Waals surface area contributed by atoms with Crippen LogP contribution < -0.4 is 0 Å². The van der Waals surface area contributed by atoms with Gasteiger partial charge < -0.3 is 14.7 Å². The van der Waals surface area contributed by atoms with Gasteiger partial charge in [-0.1, -0.05) is 19.9 Å². The number of methoxy groups -OCH3 is 1. The molecule has 0 unspecified atom stereocenters. The number of benzene rings is 1. The third-order valence-corrected chi connectivity index (χ3v) is 5.65. The van der Waals surface area contributed by atoms with Gasteiger partial charge in [0.15, 0.2) is 0 Å². The second-order valence-corrected chi connectivity index (χ2v) is 7.17. The van der Waals surface area contributed by atoms with E-state index in [4.69, 9.17) is 9.84 Å². The number of carboxylic acid groups (broad SMARTS) is 1. The highest BCUT2D eigenvalue weighted by molar-refractivity contribution is 7.89. The molecule has 0 heterocycles. The molecule has 0 spiro atoms. The standard InChI is InChI=1S/C16H24N2O6S/c1-4-18(5-2)25(22,23)14-8-6-7-13(11-14)16(21)17(9-10-24-3)12-15(19)20/h6-8,11H,4-5,9-10,12H2,1-3H3,(H,19,20). The highest BCUT2D eigenvalue weighted by Crippen LogP contribution is 2.18. The molecule has 1 aromatic rings. The monoisotopic (exact) mass is 372 g/mol. The fraction of sp³-hybridized carbons (Fsp3) is 0.500. The van der Waals surface area contributed by atoms with Crippen LogP contribution in [-0.4, -0.2) is 74.5 Å². The highest BCUT2D eigenvalue weighted by atomic mass is 32.2. The van der Waals surface area contributed by atoms with Crippen molar-refractivity contribution in [1.29, 1.82) is 0 Å². The predicted octanol–water partition coefficient (Wildman–Crippen LogP) is 0.890. The number of rotatable bonds is 10. The molecule has 9 heteroatoms. The normalized spacial score (nSPS) is 11.5. The number of hydrogen-bond acceptors (Lipinski definition) is 5. The van der Waals surface area contributed by atoms with Crippen LogP contribution >= 0.6 is 0 Å². The number of ether oxygens (including phenoxy) is 1. The van der Waals surface area contributed by atoms with Crippen molar-refractivity contribution in [3.05, 3.63) is 29.8 Å². The van der Waals surface area contributed by atoms with Crippen LogP contribution in [0.2, 0.25) is 0 Å². The number of aliphatic carboxylic acids is 1. The number of hydrogen-bond donors (Lipinski definition) is 1. The van der Waals surface area contributed by atoms with Crippen molar-refractivity contribution >= 4 is 21.9 Å². The van der Waals surface area contributed by atoms with Crippen molar-refractivity contribution in [2.75, 3.05) is 39.9 Å². The van der Waals surface area contributed by atoms with Gasteiger partial charge in [-0.2, -0.15) is 4.31 Å². The second-order valence-electron chi connectivity index (χ2n) is 5.23. The molecule has 0 radical (unpaired) electrons. The molecule has 25 heavy (non-hydrogen) atoms. The van der Waals surface area contributed by atoms with Gasteiger partial charge in [0.05, 0.1) is 11.5 Å². The zero-order valence-electron chi connectivity index (χ0n) is 14.6. The number of carbonyl (C=O) groups is 2. The van der Waals surface area contributed by atoms with Crippen molar-refractivity contribution < 1.29 is 27.9 Å². The third-order valence-electron chi connectivity index (χ3n) is 3.60. The molecule has 0 bridgehead atoms. The molecule has 140 valence electrons. The van der Waals surface area contributed by atoms with E-state index < -0.39 is 28.4 Å². The lowest BCUT2D eigenvalue weighted by atomic mass is 10.2. The molecule has 1 amide bonds. The van der Waals surface area contributed by atoms with Crippen molar-refractivity contribution in [3.8, 4) is 0 Å². The smallest absolute Gasteiger partial charge is 0.323 e. The molecule has 0 aliphatic rings. The molecule has 0 aliphatic carbocycles. The Morgan fingerprint density at radius 2 is 1.84 bits per heavy atom. The van der Waals surface area contributed by atoms with E-state index in [2.05, 4.69) is 0 Å². The molecule has 1 rings (SSSR count). The maximum Gasteiger partial charge on any atom is 0.323 e. The molecule has 1 N–H and O–H groups in total. The minimum Gasteiger partial charge on any atom is -0.480 e. The van der Waals surface area contributed by atoms with E-state index in [1.165, 1.54) is 35.7 Å². The van der Waals surface area contributed by atoms with Gasteiger partial charge in [0.1, 0.15) is 6.54 Å². The molecular weight excluding hydrogens is 348 g/mol. The zero-order valence-corrected chi connectivity index (χ0v) is 15.5. The fourth-order valence-electron chi connectivity index (χ4n) is 2.30. The van der Waals surface area contributed by atoms with Crippen molar-refractivity contribution in [3.63, 3.8) is 0 Å². The van der Waals surface area contributed by atoms with Gasteiger partial charge in [0, 0.05) is 32.3 Å². The first-order valence-electron chi connectivity index (χ1n) is 7.88. The number of carbonyl (C=O) groups excluding carboxylic acids is 1. The van der Waals surface area contributed by atoms with Gasteiger partial charge in [-0.25, -0.2) is 8.42 Å². The fourth-order valence-corrected chi connectivity index (χ4v) is 3.81. The highest BCUT2D eigenvalue weighted by Gasteiger charge is 2.24. The molecule has 8 nitrogen and oxygen atoms in total. The van der Waals surface area contributed by atoms with Crippen LogP contribution in [0.4, 0.5) is 0 Å². The molecule has 0 fully saturated rings. The van der Waals surface area contributed by atoms with Crippen LogP contribution in [0, 0.1) is 0 Å². The SMILES string of the molecule is CCN(CC)S(=O)(=O)c1cccc(C(=O)N(CCOC)CC(=O)O)c1. The number of sulfonamides is 1. The molecule has 0 saturated carbocycles. The first-order valence-corrected chi connectivity index (χ1v) is 9.32. The molecule has 0 aliphatic heterocycles. The second kappa shape index (κ2) is 9.50. The van der Waals surface area contributed by atoms with E-state index in [1.54, 1.807) is 13.8 Å². The minimum atomic E-state index is -3.70. The summed E-state index contributed by atoms with van der Waals surface area (Å²) >= 11 is 0. The van der Waals surface area contributed by atoms with E-state index >= 15 is 0 Å². The van der Waals surface area contributed by atoms with Gasteiger partial charge in [-0.15, -0.1) is 0 Å². The van der Waals surface area contributed by atoms with E-state index in [0.717, 1.165) is 4.90 Å². The van der Waals surface area contributed by atoms with Gasteiger partial charge in [-0.3, -0.25) is 9.59 Å². The summed E-state index contributed by atoms with van der Waals surface area (Å²) in [6.45, 7) is 3.87. The van der Waals surface area contributed by atoms with E-state index in [9.17, 15) is 18.0 Å². The number of amides is 1. The summed E-state index contributed by atoms with van der Waals surface area (Å²) in [6, 6.07) is 5.63. The van der Waals surface area contributed by atoms with Crippen LogP contribution in [0.5, 0.6) is 0 Å². The van der Waals surface area contributed by atoms with Crippen LogP contribution in [0.1, 0.15) is 24.2 Å². The molecule has 1 aromatic carbocycles. The Kier molecular flexibility index (Phi) is 8.01. The first kappa shape index (κ1) is 21.1. The summed E-state index contributed by atoms with van der Waals surface area (Å²) in [5.74, 6) is -1.72. The topological polar surface area (TPSA) is 104 Å². The maximum absolute atomic E-state index is 12.6. The summed E-state index contributed by atoms with van der Waals surface area (Å²) in [5.41, 5.74) is 0.116. The largest absolute Gasteiger partial charge is 0.480 e. The van der Waals surface area contributed by atoms with Gasteiger partial charge in [-0.05, 0) is 18.2 Å². The number of carboxylic acids is 1. The lowest BCUT2D eigenvalue weighted by molar-refractivity contribution is -0.137. The Morgan fingerprint density at radius 3 is 2.36 bits per heavy atom. The third kappa shape index (κ3) is 5.52. The van der Waals surface area contributed by atoms with Crippen molar-refractivity contribution in [2.24, 2.45) is 0 Å². The van der Waals surface area contributed by atoms with E-state index in [0.29, 0.717) is 13.1 Å². The average molecular weight is 372 g/mol. The summed E-state index contributed by atoms with van der Waals surface area (Å²) in [4.78, 5) is 24.6. The minimum absolute atomic E-state index is 0.00377. The van der Waals surface area contributed by atoms with Crippen LogP contribution in [0.15, 0.2) is 29.2 Å². The number of nitrogens with zero attached hydrogens (tertiary/aromatic N) is 2. The Morgan fingerprint density at radius 1 is 1.20 bits per heavy atom. The molecular formula is C16H24N2O6S. The van der Waals surface area contributed by atoms with Gasteiger partial charge in [0.2, 0.25) is 10.0 Å². The Balaban J connectivity index is 3.17. The summed E-state index contributed by atoms with van der Waals surface area (Å²) in [5, 5.41) is 8.96. The lowest BCUT2D eigenvalue weighted by Gasteiger charge is -2.21. The first-order chi connectivity index (χ1) is 11.8. The quantitative estimate of drug-likeness (QED) is 0.654. The van der Waals surface area contributed by atoms with Gasteiger partial charge in [0.25, 0.3) is 5.91 Å². The lowest BCUT2D eigenvalue weighted by Crippen LogP contribution is -2.38. The summed E-state index contributed by atoms with van der Waals surface area (Å²) in [7, 11) is -2.26. The molecule has 0 saturated heterocycles. The summed E-state index contributed by atoms with van der Waals surface area (Å²) < 4.78 is 31.3. The Bertz CT molecular complexity index is 700. The Hall–Kier alpha value is -1.97. The van der Waals surface area contributed by atoms with Crippen molar-refractivity contribution in [2.45, 2.75) is 18.7 Å². The van der Waals surface area contributed by atoms with Crippen molar-refractivity contribution in [1.82, 2.24) is 9.21 Å². The Labute approximate surface area is 148 Å². The van der Waals surface area contributed by atoms with E-state index in [1.807, 2.05) is 0 Å². The molecule has 0 atom stereocenters. The van der Waals surface area contributed by atoms with Crippen LogP contribution in [0.3, 0.4) is 0 Å². The van der Waals surface area contributed by atoms with Crippen LogP contribution in [0.25, 0.3) is 0 Å². The van der Waals surface area contributed by atoms with Gasteiger partial charge >= 0.3 is 5.97 Å². The maximum atomic E-state index is 12.6. The predicted molar refractivity (Wildman–Crippen MR) is 92.0 cm³/mol. The zero-order chi connectivity index (χ0) is 19.0. The average Bonchev–Trinajstić information content (AvgIpc) is 2.58. The molecule has 0 aromatic heterocycles. The van der Waals surface area contributed by atoms with E-state index in [-0.39, 0.29) is 23.6 Å². The van der Waals surface area contributed by atoms with Crippen LogP contribution in [-0.2, 0) is 19.6 Å². The summed E-state index contributed by atoms with van der Waals surface area (Å²) in [6.07, 6.45) is 0.